The molecule has 0 amide bonds. The van der Waals surface area contributed by atoms with E-state index < -0.39 is 0 Å². The highest BCUT2D eigenvalue weighted by molar-refractivity contribution is 5.15. The average molecular weight is 323 g/mol. The van der Waals surface area contributed by atoms with Crippen molar-refractivity contribution in [3.8, 4) is 0 Å². The van der Waals surface area contributed by atoms with Gasteiger partial charge >= 0.3 is 0 Å². The zero-order chi connectivity index (χ0) is 16.8. The Morgan fingerprint density at radius 2 is 1.33 bits per heavy atom. The van der Waals surface area contributed by atoms with Crippen LogP contribution in [0.4, 0.5) is 0 Å². The van der Waals surface area contributed by atoms with Gasteiger partial charge < -0.3 is 0 Å². The second kappa shape index (κ2) is 6.36. The van der Waals surface area contributed by atoms with Crippen LogP contribution in [-0.2, 0) is 0 Å². The van der Waals surface area contributed by atoms with E-state index in [0.29, 0.717) is 5.92 Å². The summed E-state index contributed by atoms with van der Waals surface area (Å²) < 4.78 is 0. The van der Waals surface area contributed by atoms with Crippen LogP contribution in [0.1, 0.15) is 39.5 Å². The third-order valence-electron chi connectivity index (χ3n) is 8.48. The van der Waals surface area contributed by atoms with Crippen molar-refractivity contribution >= 4 is 0 Å². The summed E-state index contributed by atoms with van der Waals surface area (Å²) in [5.74, 6) is 9.22. The lowest BCUT2D eigenvalue weighted by atomic mass is 9.71. The maximum Gasteiger partial charge on any atom is -0.0133 e. The Balaban J connectivity index is 0.000000121. The van der Waals surface area contributed by atoms with Gasteiger partial charge in [0.25, 0.3) is 0 Å². The highest BCUT2D eigenvalue weighted by Crippen LogP contribution is 2.61. The molecular formula is C24H34. The van der Waals surface area contributed by atoms with E-state index in [9.17, 15) is 0 Å². The number of hydrogen-bond acceptors (Lipinski definition) is 0. The summed E-state index contributed by atoms with van der Waals surface area (Å²) in [4.78, 5) is 0. The lowest BCUT2D eigenvalue weighted by Gasteiger charge is -2.34. The zero-order valence-corrected chi connectivity index (χ0v) is 15.5. The van der Waals surface area contributed by atoms with Crippen LogP contribution in [0.15, 0.2) is 49.6 Å². The van der Waals surface area contributed by atoms with E-state index in [1.807, 2.05) is 0 Å². The van der Waals surface area contributed by atoms with Gasteiger partial charge in [0.2, 0.25) is 0 Å². The van der Waals surface area contributed by atoms with Gasteiger partial charge in [-0.1, -0.05) is 50.3 Å². The molecule has 0 N–H and O–H groups in total. The van der Waals surface area contributed by atoms with Crippen molar-refractivity contribution in [1.82, 2.24) is 0 Å². The summed E-state index contributed by atoms with van der Waals surface area (Å²) in [5.41, 5.74) is 0. The van der Waals surface area contributed by atoms with Crippen molar-refractivity contribution in [2.24, 2.45) is 59.2 Å². The molecule has 24 heavy (non-hydrogen) atoms. The first-order valence-electron chi connectivity index (χ1n) is 10.2. The molecule has 10 atom stereocenters. The molecule has 0 nitrogen and oxygen atoms in total. The molecule has 5 rings (SSSR count). The summed E-state index contributed by atoms with van der Waals surface area (Å²) in [7, 11) is 0. The summed E-state index contributed by atoms with van der Waals surface area (Å²) >= 11 is 0. The predicted molar refractivity (Wildman–Crippen MR) is 103 cm³/mol. The van der Waals surface area contributed by atoms with E-state index in [0.717, 1.165) is 53.3 Å². The molecule has 10 unspecified atom stereocenters. The van der Waals surface area contributed by atoms with Gasteiger partial charge in [-0.05, 0) is 84.9 Å². The molecule has 5 aliphatic carbocycles. The van der Waals surface area contributed by atoms with Crippen molar-refractivity contribution in [1.29, 1.82) is 0 Å². The topological polar surface area (TPSA) is 0 Å². The Labute approximate surface area is 148 Å². The third kappa shape index (κ3) is 2.40. The van der Waals surface area contributed by atoms with Crippen molar-refractivity contribution in [3.05, 3.63) is 49.6 Å². The molecule has 0 aromatic carbocycles. The van der Waals surface area contributed by atoms with Crippen LogP contribution < -0.4 is 0 Å². The van der Waals surface area contributed by atoms with Gasteiger partial charge in [-0.3, -0.25) is 0 Å². The largest absolute Gasteiger partial charge is 0.103 e. The van der Waals surface area contributed by atoms with E-state index in [2.05, 4.69) is 63.5 Å². The van der Waals surface area contributed by atoms with E-state index in [-0.39, 0.29) is 0 Å². The van der Waals surface area contributed by atoms with Crippen LogP contribution >= 0.6 is 0 Å². The molecule has 0 heteroatoms. The number of fused-ring (bicyclic) bond motifs is 6. The van der Waals surface area contributed by atoms with Crippen molar-refractivity contribution in [2.75, 3.05) is 0 Å². The fourth-order valence-corrected chi connectivity index (χ4v) is 6.99. The molecular weight excluding hydrogens is 288 g/mol. The van der Waals surface area contributed by atoms with Crippen LogP contribution in [-0.4, -0.2) is 0 Å². The first kappa shape index (κ1) is 16.4. The molecule has 3 saturated carbocycles. The van der Waals surface area contributed by atoms with Crippen LogP contribution in [0.3, 0.4) is 0 Å². The van der Waals surface area contributed by atoms with Crippen LogP contribution in [0.25, 0.3) is 0 Å². The summed E-state index contributed by atoms with van der Waals surface area (Å²) in [6, 6.07) is 0. The zero-order valence-electron chi connectivity index (χ0n) is 15.5. The summed E-state index contributed by atoms with van der Waals surface area (Å²) in [6.45, 7) is 12.8. The Bertz CT molecular complexity index is 552. The molecule has 0 aromatic rings. The van der Waals surface area contributed by atoms with E-state index in [1.165, 1.54) is 19.3 Å². The normalized spacial score (nSPS) is 52.8. The van der Waals surface area contributed by atoms with Gasteiger partial charge in [0, 0.05) is 0 Å². The second-order valence-corrected chi connectivity index (χ2v) is 9.13. The van der Waals surface area contributed by atoms with E-state index in [1.54, 1.807) is 6.42 Å². The Hall–Kier alpha value is -1.04. The Morgan fingerprint density at radius 3 is 2.04 bits per heavy atom. The third-order valence-corrected chi connectivity index (χ3v) is 8.48. The lowest BCUT2D eigenvalue weighted by Crippen LogP contribution is -2.29. The van der Waals surface area contributed by atoms with Gasteiger partial charge in [-0.25, -0.2) is 0 Å². The Kier molecular flexibility index (Phi) is 4.35. The molecule has 0 aliphatic heterocycles. The summed E-state index contributed by atoms with van der Waals surface area (Å²) in [5, 5.41) is 0. The number of allylic oxidation sites excluding steroid dienone is 6. The van der Waals surface area contributed by atoms with Gasteiger partial charge in [0.1, 0.15) is 0 Å². The molecule has 5 aliphatic rings. The molecule has 3 fully saturated rings. The monoisotopic (exact) mass is 322 g/mol. The molecule has 0 radical (unpaired) electrons. The van der Waals surface area contributed by atoms with Crippen molar-refractivity contribution in [2.45, 2.75) is 39.5 Å². The highest BCUT2D eigenvalue weighted by atomic mass is 14.6. The molecule has 0 spiro atoms. The average Bonchev–Trinajstić information content (AvgIpc) is 3.34. The molecule has 0 aromatic heterocycles. The Morgan fingerprint density at radius 1 is 0.708 bits per heavy atom. The quantitative estimate of drug-likeness (QED) is 0.524. The first-order valence-corrected chi connectivity index (χ1v) is 10.2. The number of rotatable bonds is 2. The van der Waals surface area contributed by atoms with E-state index >= 15 is 0 Å². The van der Waals surface area contributed by atoms with Crippen LogP contribution in [0.5, 0.6) is 0 Å². The molecule has 130 valence electrons. The minimum absolute atomic E-state index is 0.705. The van der Waals surface area contributed by atoms with Crippen molar-refractivity contribution in [3.63, 3.8) is 0 Å². The van der Waals surface area contributed by atoms with Gasteiger partial charge in [0.05, 0.1) is 0 Å². The summed E-state index contributed by atoms with van der Waals surface area (Å²) in [6.07, 6.45) is 19.4. The van der Waals surface area contributed by atoms with Crippen LogP contribution in [0.2, 0.25) is 0 Å². The maximum absolute atomic E-state index is 3.91. The maximum atomic E-state index is 3.91. The molecule has 0 saturated heterocycles. The number of hydrogen-bond donors (Lipinski definition) is 0. The van der Waals surface area contributed by atoms with Crippen molar-refractivity contribution < 1.29 is 0 Å². The van der Waals surface area contributed by atoms with Gasteiger partial charge in [-0.15, -0.1) is 13.2 Å². The lowest BCUT2D eigenvalue weighted by molar-refractivity contribution is 0.156. The fraction of sp³-hybridized carbons (Fsp3) is 0.667. The van der Waals surface area contributed by atoms with E-state index in [4.69, 9.17) is 0 Å². The van der Waals surface area contributed by atoms with Gasteiger partial charge in [0.15, 0.2) is 0 Å². The highest BCUT2D eigenvalue weighted by Gasteiger charge is 2.54. The molecule has 2 bridgehead atoms. The van der Waals surface area contributed by atoms with Gasteiger partial charge in [-0.2, -0.15) is 0 Å². The molecule has 0 heterocycles. The fourth-order valence-electron chi connectivity index (χ4n) is 6.99. The predicted octanol–water partition coefficient (Wildman–Crippen LogP) is 6.29. The first-order chi connectivity index (χ1) is 11.7. The smallest absolute Gasteiger partial charge is 0.0133 e. The second-order valence-electron chi connectivity index (χ2n) is 9.13. The van der Waals surface area contributed by atoms with Crippen LogP contribution in [0, 0.1) is 59.2 Å². The minimum atomic E-state index is 0.705. The SMILES string of the molecule is C=CC1CC(C=C)C2CC=CC12.CC1C(C)C2CC1C1C=CCC12. The minimum Gasteiger partial charge on any atom is -0.103 e. The standard InChI is InChI=1S/C12H18.C12H16/c1-7-8(2)12-6-11(7)9-4-3-5-10(9)12;1-3-9-8-10(4-2)12-7-5-6-11(9)12/h3-4,7-12H,5-6H2,1-2H3;3-6,9-12H,1-2,7-8H2.